The van der Waals surface area contributed by atoms with Crippen LogP contribution >= 0.6 is 11.3 Å². The molecule has 1 fully saturated rings. The van der Waals surface area contributed by atoms with E-state index in [1.165, 1.54) is 11.3 Å². The number of hydrogen-bond donors (Lipinski definition) is 3. The van der Waals surface area contributed by atoms with Gasteiger partial charge in [0.05, 0.1) is 15.8 Å². The first-order valence-corrected chi connectivity index (χ1v) is 9.04. The Labute approximate surface area is 154 Å². The molecule has 2 unspecified atom stereocenters. The number of aliphatic carboxylic acids is 1. The van der Waals surface area contributed by atoms with E-state index in [0.29, 0.717) is 28.5 Å². The predicted molar refractivity (Wildman–Crippen MR) is 99.6 cm³/mol. The monoisotopic (exact) mass is 373 g/mol. The number of thiophene rings is 1. The minimum atomic E-state index is -0.876. The van der Waals surface area contributed by atoms with E-state index in [2.05, 4.69) is 10.6 Å². The Morgan fingerprint density at radius 3 is 2.50 bits per heavy atom. The molecule has 1 aromatic heterocycles. The number of carboxylic acids is 1. The molecular weight excluding hydrogens is 354 g/mol. The minimum absolute atomic E-state index is 0.206. The van der Waals surface area contributed by atoms with Gasteiger partial charge in [0.15, 0.2) is 0 Å². The van der Waals surface area contributed by atoms with Gasteiger partial charge in [-0.25, -0.2) is 4.79 Å². The van der Waals surface area contributed by atoms with E-state index in [9.17, 15) is 19.5 Å². The summed E-state index contributed by atoms with van der Waals surface area (Å²) in [5.74, 6) is -1.62. The number of para-hydroxylation sites is 1. The Balaban J connectivity index is 1.62. The molecule has 7 nitrogen and oxygen atoms in total. The van der Waals surface area contributed by atoms with Crippen LogP contribution in [0.25, 0.3) is 0 Å². The number of amides is 3. The SMILES string of the molecule is CC1C(C(=O)O)CCN1C(=O)c1ccc(NC(=O)Nc2ccccc2)s1. The molecule has 2 aromatic rings. The highest BCUT2D eigenvalue weighted by molar-refractivity contribution is 7.18. The maximum Gasteiger partial charge on any atom is 0.324 e. The third-order valence-corrected chi connectivity index (χ3v) is 5.41. The zero-order valence-corrected chi connectivity index (χ0v) is 15.0. The number of urea groups is 1. The average Bonchev–Trinajstić information content (AvgIpc) is 3.22. The van der Waals surface area contributed by atoms with Gasteiger partial charge in [-0.3, -0.25) is 14.9 Å². The summed E-state index contributed by atoms with van der Waals surface area (Å²) in [5, 5.41) is 15.1. The van der Waals surface area contributed by atoms with E-state index in [1.807, 2.05) is 18.2 Å². The van der Waals surface area contributed by atoms with Crippen molar-refractivity contribution in [2.24, 2.45) is 5.92 Å². The Kier molecular flexibility index (Phi) is 5.22. The van der Waals surface area contributed by atoms with Gasteiger partial charge >= 0.3 is 12.0 Å². The molecule has 1 aliphatic heterocycles. The summed E-state index contributed by atoms with van der Waals surface area (Å²) in [6, 6.07) is 11.6. The lowest BCUT2D eigenvalue weighted by Crippen LogP contribution is -2.37. The highest BCUT2D eigenvalue weighted by Crippen LogP contribution is 2.29. The quantitative estimate of drug-likeness (QED) is 0.765. The highest BCUT2D eigenvalue weighted by Gasteiger charge is 2.38. The molecule has 2 atom stereocenters. The van der Waals surface area contributed by atoms with Crippen molar-refractivity contribution in [3.63, 3.8) is 0 Å². The number of anilines is 2. The molecule has 1 aromatic carbocycles. The summed E-state index contributed by atoms with van der Waals surface area (Å²) < 4.78 is 0. The topological polar surface area (TPSA) is 98.7 Å². The number of benzene rings is 1. The molecule has 8 heteroatoms. The summed E-state index contributed by atoms with van der Waals surface area (Å²) in [6.45, 7) is 2.18. The molecule has 0 spiro atoms. The van der Waals surface area contributed by atoms with Crippen molar-refractivity contribution in [2.45, 2.75) is 19.4 Å². The molecular formula is C18H19N3O4S. The number of nitrogens with zero attached hydrogens (tertiary/aromatic N) is 1. The number of carboxylic acid groups (broad SMARTS) is 1. The Morgan fingerprint density at radius 2 is 1.85 bits per heavy atom. The fraction of sp³-hybridized carbons (Fsp3) is 0.278. The van der Waals surface area contributed by atoms with Crippen molar-refractivity contribution in [3.8, 4) is 0 Å². The Morgan fingerprint density at radius 1 is 1.12 bits per heavy atom. The van der Waals surface area contributed by atoms with Crippen LogP contribution in [-0.4, -0.2) is 40.5 Å². The van der Waals surface area contributed by atoms with Gasteiger partial charge in [-0.1, -0.05) is 18.2 Å². The van der Waals surface area contributed by atoms with Gasteiger partial charge in [-0.05, 0) is 37.6 Å². The second kappa shape index (κ2) is 7.57. The van der Waals surface area contributed by atoms with Crippen molar-refractivity contribution in [1.29, 1.82) is 0 Å². The Hall–Kier alpha value is -2.87. The van der Waals surface area contributed by atoms with Crippen LogP contribution in [0.2, 0.25) is 0 Å². The molecule has 26 heavy (non-hydrogen) atoms. The number of nitrogens with one attached hydrogen (secondary N) is 2. The van der Waals surface area contributed by atoms with Gasteiger partial charge in [0, 0.05) is 18.3 Å². The molecule has 3 N–H and O–H groups in total. The molecule has 0 bridgehead atoms. The number of carbonyl (C=O) groups is 3. The lowest BCUT2D eigenvalue weighted by Gasteiger charge is -2.22. The zero-order chi connectivity index (χ0) is 18.7. The lowest BCUT2D eigenvalue weighted by molar-refractivity contribution is -0.142. The summed E-state index contributed by atoms with van der Waals surface area (Å²) in [4.78, 5) is 37.9. The fourth-order valence-corrected chi connectivity index (χ4v) is 3.87. The van der Waals surface area contributed by atoms with Crippen molar-refractivity contribution in [3.05, 3.63) is 47.3 Å². The number of likely N-dealkylation sites (tertiary alicyclic amines) is 1. The van der Waals surface area contributed by atoms with Gasteiger partial charge in [-0.15, -0.1) is 11.3 Å². The van der Waals surface area contributed by atoms with Gasteiger partial charge in [0.1, 0.15) is 0 Å². The number of rotatable bonds is 4. The number of hydrogen-bond acceptors (Lipinski definition) is 4. The first-order chi connectivity index (χ1) is 12.5. The molecule has 0 aliphatic carbocycles. The second-order valence-electron chi connectivity index (χ2n) is 6.08. The van der Waals surface area contributed by atoms with Crippen LogP contribution < -0.4 is 10.6 Å². The van der Waals surface area contributed by atoms with E-state index in [0.717, 1.165) is 0 Å². The third kappa shape index (κ3) is 3.85. The van der Waals surface area contributed by atoms with Crippen LogP contribution in [-0.2, 0) is 4.79 Å². The van der Waals surface area contributed by atoms with Crippen molar-refractivity contribution in [2.75, 3.05) is 17.2 Å². The van der Waals surface area contributed by atoms with Crippen LogP contribution in [0.15, 0.2) is 42.5 Å². The van der Waals surface area contributed by atoms with Crippen molar-refractivity contribution >= 4 is 39.9 Å². The smallest absolute Gasteiger partial charge is 0.324 e. The Bertz CT molecular complexity index is 821. The molecule has 1 aliphatic rings. The maximum absolute atomic E-state index is 12.6. The predicted octanol–water partition coefficient (Wildman–Crippen LogP) is 3.33. The molecule has 2 heterocycles. The number of carbonyl (C=O) groups excluding carboxylic acids is 2. The second-order valence-corrected chi connectivity index (χ2v) is 7.17. The van der Waals surface area contributed by atoms with Gasteiger partial charge < -0.3 is 15.3 Å². The molecule has 0 radical (unpaired) electrons. The summed E-state index contributed by atoms with van der Waals surface area (Å²) in [5.41, 5.74) is 0.670. The summed E-state index contributed by atoms with van der Waals surface area (Å²) in [6.07, 6.45) is 0.457. The highest BCUT2D eigenvalue weighted by atomic mass is 32.1. The van der Waals surface area contributed by atoms with E-state index in [1.54, 1.807) is 36.1 Å². The zero-order valence-electron chi connectivity index (χ0n) is 14.1. The van der Waals surface area contributed by atoms with Crippen LogP contribution in [0.4, 0.5) is 15.5 Å². The van der Waals surface area contributed by atoms with E-state index < -0.39 is 17.9 Å². The fourth-order valence-electron chi connectivity index (χ4n) is 3.01. The largest absolute Gasteiger partial charge is 0.481 e. The van der Waals surface area contributed by atoms with Crippen LogP contribution in [0, 0.1) is 5.92 Å². The molecule has 136 valence electrons. The molecule has 0 saturated carbocycles. The van der Waals surface area contributed by atoms with Crippen molar-refractivity contribution < 1.29 is 19.5 Å². The van der Waals surface area contributed by atoms with E-state index in [-0.39, 0.29) is 11.9 Å². The first-order valence-electron chi connectivity index (χ1n) is 8.22. The normalized spacial score (nSPS) is 19.2. The van der Waals surface area contributed by atoms with Gasteiger partial charge in [0.2, 0.25) is 0 Å². The molecule has 1 saturated heterocycles. The lowest BCUT2D eigenvalue weighted by atomic mass is 10.0. The van der Waals surface area contributed by atoms with Crippen molar-refractivity contribution in [1.82, 2.24) is 4.90 Å². The maximum atomic E-state index is 12.6. The van der Waals surface area contributed by atoms with Crippen LogP contribution in [0.5, 0.6) is 0 Å². The molecule has 3 rings (SSSR count). The molecule has 3 amide bonds. The van der Waals surface area contributed by atoms with E-state index in [4.69, 9.17) is 0 Å². The minimum Gasteiger partial charge on any atom is -0.481 e. The third-order valence-electron chi connectivity index (χ3n) is 4.42. The standard InChI is InChI=1S/C18H19N3O4S/c1-11-13(17(23)24)9-10-21(11)16(22)14-7-8-15(26-14)20-18(25)19-12-5-3-2-4-6-12/h2-8,11,13H,9-10H2,1H3,(H,23,24)(H2,19,20,25). The average molecular weight is 373 g/mol. The first kappa shape index (κ1) is 17.9. The summed E-state index contributed by atoms with van der Waals surface area (Å²) >= 11 is 1.17. The van der Waals surface area contributed by atoms with E-state index >= 15 is 0 Å². The van der Waals surface area contributed by atoms with Crippen LogP contribution in [0.3, 0.4) is 0 Å². The van der Waals surface area contributed by atoms with Gasteiger partial charge in [-0.2, -0.15) is 0 Å². The van der Waals surface area contributed by atoms with Crippen LogP contribution in [0.1, 0.15) is 23.0 Å². The summed E-state index contributed by atoms with van der Waals surface area (Å²) in [7, 11) is 0. The van der Waals surface area contributed by atoms with Gasteiger partial charge in [0.25, 0.3) is 5.91 Å².